The molecule has 11 rings (SSSR count). The first kappa shape index (κ1) is 20.6. The second-order valence-electron chi connectivity index (χ2n) is 13.0. The van der Waals surface area contributed by atoms with E-state index in [2.05, 4.69) is 53.4 Å². The molecule has 2 aromatic carbocycles. The molecular formula is C32H34N2O2. The van der Waals surface area contributed by atoms with Gasteiger partial charge in [-0.15, -0.1) is 0 Å². The minimum Gasteiger partial charge on any atom is -0.303 e. The number of carbonyl (C=O) groups is 2. The first-order valence-corrected chi connectivity index (χ1v) is 14.5. The zero-order valence-electron chi connectivity index (χ0n) is 20.8. The molecule has 0 N–H and O–H groups in total. The summed E-state index contributed by atoms with van der Waals surface area (Å²) in [7, 11) is 0. The number of hydrogen-bond acceptors (Lipinski definition) is 3. The summed E-state index contributed by atoms with van der Waals surface area (Å²) in [4.78, 5) is 32.0. The molecule has 184 valence electrons. The van der Waals surface area contributed by atoms with E-state index in [4.69, 9.17) is 0 Å². The minimum absolute atomic E-state index is 0.0115. The van der Waals surface area contributed by atoms with E-state index < -0.39 is 0 Å². The van der Waals surface area contributed by atoms with Crippen LogP contribution in [0.5, 0.6) is 0 Å². The normalized spacial score (nSPS) is 42.7. The Kier molecular flexibility index (Phi) is 4.06. The van der Waals surface area contributed by atoms with Gasteiger partial charge >= 0.3 is 0 Å². The van der Waals surface area contributed by atoms with Gasteiger partial charge < -0.3 is 4.90 Å². The lowest BCUT2D eigenvalue weighted by Gasteiger charge is -2.45. The molecule has 9 aliphatic rings. The summed E-state index contributed by atoms with van der Waals surface area (Å²) in [6.07, 6.45) is 5.40. The molecule has 36 heavy (non-hydrogen) atoms. The van der Waals surface area contributed by atoms with Gasteiger partial charge in [-0.25, -0.2) is 0 Å². The highest BCUT2D eigenvalue weighted by Gasteiger charge is 2.63. The lowest BCUT2D eigenvalue weighted by Crippen LogP contribution is -2.41. The summed E-state index contributed by atoms with van der Waals surface area (Å²) in [6.45, 7) is 4.14. The summed E-state index contributed by atoms with van der Waals surface area (Å²) in [5.74, 6) is 5.71. The van der Waals surface area contributed by atoms with Crippen molar-refractivity contribution < 1.29 is 9.59 Å². The summed E-state index contributed by atoms with van der Waals surface area (Å²) in [5.41, 5.74) is 5.05. The Bertz CT molecular complexity index is 1160. The second kappa shape index (κ2) is 7.10. The molecule has 2 saturated heterocycles. The molecular weight excluding hydrogens is 444 g/mol. The maximum Gasteiger partial charge on any atom is 0.234 e. The Labute approximate surface area is 213 Å². The maximum absolute atomic E-state index is 13.8. The standard InChI is InChI=1S/C32H34N2O2/c35-31-29-27-19-6-1-2-7-20(19)28(22-9-4-3-8-21(22)27)30(29)32(36)34(31)13-5-12-33-15-25-17-10-11-18(26(25)16-33)24-14-23(17)24/h1-4,6-9,17-18,23-30H,5,10-16H2. The van der Waals surface area contributed by atoms with Crippen molar-refractivity contribution in [1.29, 1.82) is 0 Å². The highest BCUT2D eigenvalue weighted by atomic mass is 16.2. The van der Waals surface area contributed by atoms with Crippen LogP contribution in [-0.4, -0.2) is 47.8 Å². The zero-order valence-corrected chi connectivity index (χ0v) is 20.8. The van der Waals surface area contributed by atoms with Crippen molar-refractivity contribution in [2.45, 2.75) is 37.5 Å². The van der Waals surface area contributed by atoms with Crippen LogP contribution in [0.15, 0.2) is 48.5 Å². The first-order valence-electron chi connectivity index (χ1n) is 14.5. The fraction of sp³-hybridized carbons (Fsp3) is 0.562. The minimum atomic E-state index is -0.232. The number of benzene rings is 2. The van der Waals surface area contributed by atoms with Crippen LogP contribution in [0.4, 0.5) is 0 Å². The van der Waals surface area contributed by atoms with Gasteiger partial charge in [0.05, 0.1) is 11.8 Å². The number of hydrogen-bond donors (Lipinski definition) is 0. The third kappa shape index (κ3) is 2.50. The quantitative estimate of drug-likeness (QED) is 0.608. The summed E-state index contributed by atoms with van der Waals surface area (Å²) < 4.78 is 0. The van der Waals surface area contributed by atoms with Crippen LogP contribution in [0.2, 0.25) is 0 Å². The van der Waals surface area contributed by atoms with Crippen LogP contribution in [0.25, 0.3) is 0 Å². The lowest BCUT2D eigenvalue weighted by atomic mass is 9.55. The third-order valence-electron chi connectivity index (χ3n) is 11.8. The van der Waals surface area contributed by atoms with Gasteiger partial charge in [-0.3, -0.25) is 14.5 Å². The lowest BCUT2D eigenvalue weighted by molar-refractivity contribution is -0.140. The molecule has 0 spiro atoms. The predicted octanol–water partition coefficient (Wildman–Crippen LogP) is 4.49. The SMILES string of the molecule is O=C1C2C3c4ccccc4C(c4ccccc43)C2C(=O)N1CCCN1CC2C3CCC(C4CC34)C2C1. The molecule has 4 bridgehead atoms. The van der Waals surface area contributed by atoms with Gasteiger partial charge in [-0.05, 0) is 90.0 Å². The summed E-state index contributed by atoms with van der Waals surface area (Å²) in [6, 6.07) is 17.1. The fourth-order valence-electron chi connectivity index (χ4n) is 10.5. The monoisotopic (exact) mass is 478 g/mol. The summed E-state index contributed by atoms with van der Waals surface area (Å²) >= 11 is 0. The van der Waals surface area contributed by atoms with Gasteiger partial charge in [0.2, 0.25) is 11.8 Å². The Morgan fingerprint density at radius 3 is 1.56 bits per heavy atom. The van der Waals surface area contributed by atoms with E-state index >= 15 is 0 Å². The largest absolute Gasteiger partial charge is 0.303 e. The van der Waals surface area contributed by atoms with Crippen LogP contribution in [0.1, 0.15) is 59.8 Å². The number of likely N-dealkylation sites (tertiary alicyclic amines) is 2. The van der Waals surface area contributed by atoms with Gasteiger partial charge in [0.15, 0.2) is 0 Å². The van der Waals surface area contributed by atoms with Crippen LogP contribution in [0.3, 0.4) is 0 Å². The van der Waals surface area contributed by atoms with E-state index in [1.165, 1.54) is 54.6 Å². The number of nitrogens with zero attached hydrogens (tertiary/aromatic N) is 2. The second-order valence-corrected chi connectivity index (χ2v) is 13.0. The number of amides is 2. The van der Waals surface area contributed by atoms with E-state index in [1.807, 2.05) is 0 Å². The zero-order chi connectivity index (χ0) is 23.7. The molecule has 7 aliphatic carbocycles. The van der Waals surface area contributed by atoms with Gasteiger partial charge in [-0.2, -0.15) is 0 Å². The smallest absolute Gasteiger partial charge is 0.234 e. The van der Waals surface area contributed by atoms with Crippen LogP contribution in [-0.2, 0) is 9.59 Å². The van der Waals surface area contributed by atoms with E-state index in [9.17, 15) is 9.59 Å². The molecule has 4 nitrogen and oxygen atoms in total. The molecule has 4 saturated carbocycles. The fourth-order valence-corrected chi connectivity index (χ4v) is 10.5. The molecule has 0 aromatic heterocycles. The molecule has 2 amide bonds. The molecule has 6 fully saturated rings. The highest BCUT2D eigenvalue weighted by Crippen LogP contribution is 2.67. The van der Waals surface area contributed by atoms with Crippen LogP contribution < -0.4 is 0 Å². The van der Waals surface area contributed by atoms with Crippen molar-refractivity contribution in [1.82, 2.24) is 9.80 Å². The molecule has 2 aromatic rings. The molecule has 2 heterocycles. The molecule has 8 atom stereocenters. The van der Waals surface area contributed by atoms with Gasteiger partial charge in [0.25, 0.3) is 0 Å². The number of rotatable bonds is 4. The van der Waals surface area contributed by atoms with Crippen LogP contribution >= 0.6 is 0 Å². The maximum atomic E-state index is 13.8. The van der Waals surface area contributed by atoms with Crippen LogP contribution in [0, 0.1) is 47.3 Å². The van der Waals surface area contributed by atoms with E-state index in [1.54, 1.807) is 4.90 Å². The number of fused-ring (bicyclic) bond motifs is 1. The Balaban J connectivity index is 0.943. The Hall–Kier alpha value is -2.46. The topological polar surface area (TPSA) is 40.6 Å². The third-order valence-corrected chi connectivity index (χ3v) is 11.8. The van der Waals surface area contributed by atoms with E-state index in [-0.39, 0.29) is 35.5 Å². The molecule has 2 aliphatic heterocycles. The van der Waals surface area contributed by atoms with Gasteiger partial charge in [0.1, 0.15) is 0 Å². The average molecular weight is 479 g/mol. The van der Waals surface area contributed by atoms with Gasteiger partial charge in [0, 0.05) is 31.5 Å². The molecule has 0 radical (unpaired) electrons. The van der Waals surface area contributed by atoms with Crippen molar-refractivity contribution >= 4 is 11.8 Å². The van der Waals surface area contributed by atoms with Crippen molar-refractivity contribution in [2.24, 2.45) is 47.3 Å². The molecule has 4 heteroatoms. The predicted molar refractivity (Wildman–Crippen MR) is 136 cm³/mol. The number of carbonyl (C=O) groups excluding carboxylic acids is 2. The van der Waals surface area contributed by atoms with Crippen molar-refractivity contribution in [3.8, 4) is 0 Å². The van der Waals surface area contributed by atoms with Crippen molar-refractivity contribution in [2.75, 3.05) is 26.2 Å². The first-order chi connectivity index (χ1) is 17.7. The number of imide groups is 1. The average Bonchev–Trinajstić information content (AvgIpc) is 3.56. The van der Waals surface area contributed by atoms with Crippen molar-refractivity contribution in [3.63, 3.8) is 0 Å². The Morgan fingerprint density at radius 2 is 1.08 bits per heavy atom. The Morgan fingerprint density at radius 1 is 0.611 bits per heavy atom. The summed E-state index contributed by atoms with van der Waals surface area (Å²) in [5, 5.41) is 0. The van der Waals surface area contributed by atoms with Crippen molar-refractivity contribution in [3.05, 3.63) is 70.8 Å². The van der Waals surface area contributed by atoms with Gasteiger partial charge in [-0.1, -0.05) is 48.5 Å². The highest BCUT2D eigenvalue weighted by molar-refractivity contribution is 6.07. The molecule has 8 unspecified atom stereocenters. The van der Waals surface area contributed by atoms with E-state index in [0.29, 0.717) is 6.54 Å². The van der Waals surface area contributed by atoms with E-state index in [0.717, 1.165) is 48.5 Å².